The monoisotopic (exact) mass is 302 g/mol. The van der Waals surface area contributed by atoms with Crippen molar-refractivity contribution in [2.45, 2.75) is 27.0 Å². The summed E-state index contributed by atoms with van der Waals surface area (Å²) in [6.45, 7) is 6.02. The number of carbonyl (C=O) groups is 1. The number of carbonyl (C=O) groups excluding carboxylic acids is 1. The van der Waals surface area contributed by atoms with E-state index < -0.39 is 12.0 Å². The average Bonchev–Trinajstić information content (AvgIpc) is 2.42. The van der Waals surface area contributed by atoms with Crippen LogP contribution in [0.15, 0.2) is 30.0 Å². The van der Waals surface area contributed by atoms with Crippen LogP contribution in [0.25, 0.3) is 0 Å². The molecule has 0 fully saturated rings. The Kier molecular flexibility index (Phi) is 4.71. The second-order valence-electron chi connectivity index (χ2n) is 5.48. The summed E-state index contributed by atoms with van der Waals surface area (Å²) >= 11 is 0. The van der Waals surface area contributed by atoms with E-state index in [1.54, 1.807) is 0 Å². The molecule has 1 aliphatic heterocycles. The van der Waals surface area contributed by atoms with Crippen molar-refractivity contribution in [3.63, 3.8) is 0 Å². The van der Waals surface area contributed by atoms with Crippen LogP contribution >= 0.6 is 0 Å². The Morgan fingerprint density at radius 3 is 2.95 bits per heavy atom. The summed E-state index contributed by atoms with van der Waals surface area (Å²) in [6.07, 6.45) is 6.39. The summed E-state index contributed by atoms with van der Waals surface area (Å²) in [4.78, 5) is 13.9. The van der Waals surface area contributed by atoms with Crippen LogP contribution in [-0.2, 0) is 4.79 Å². The summed E-state index contributed by atoms with van der Waals surface area (Å²) in [7, 11) is 0. The van der Waals surface area contributed by atoms with Gasteiger partial charge in [-0.15, -0.1) is 6.42 Å². The zero-order valence-electron chi connectivity index (χ0n) is 12.9. The highest BCUT2D eigenvalue weighted by Gasteiger charge is 2.34. The molecule has 4 nitrogen and oxygen atoms in total. The van der Waals surface area contributed by atoms with Gasteiger partial charge in [-0.2, -0.15) is 0 Å². The number of amides is 1. The molecule has 0 aromatic heterocycles. The number of anilines is 1. The van der Waals surface area contributed by atoms with Gasteiger partial charge in [0.2, 0.25) is 6.23 Å². The van der Waals surface area contributed by atoms with Crippen LogP contribution in [0.1, 0.15) is 20.8 Å². The van der Waals surface area contributed by atoms with E-state index in [9.17, 15) is 9.18 Å². The fraction of sp³-hybridized carbons (Fsp3) is 0.353. The quantitative estimate of drug-likeness (QED) is 0.869. The van der Waals surface area contributed by atoms with Crippen molar-refractivity contribution >= 4 is 11.6 Å². The first-order valence-corrected chi connectivity index (χ1v) is 7.08. The SMILES string of the molecule is C#CCN1C(=O)C(NC(C)=CC(C)C)Oc2cc(F)ccc21. The standard InChI is InChI=1S/C17H19FN2O2/c1-5-8-20-14-7-6-13(18)10-15(14)22-16(17(20)21)19-12(4)9-11(2)3/h1,6-7,9-11,16,19H,8H2,2-4H3. The van der Waals surface area contributed by atoms with E-state index in [0.717, 1.165) is 5.70 Å². The molecular weight excluding hydrogens is 283 g/mol. The lowest BCUT2D eigenvalue weighted by Gasteiger charge is -2.34. The molecule has 0 radical (unpaired) electrons. The van der Waals surface area contributed by atoms with E-state index in [-0.39, 0.29) is 12.5 Å². The van der Waals surface area contributed by atoms with Crippen LogP contribution < -0.4 is 15.0 Å². The molecule has 5 heteroatoms. The Balaban J connectivity index is 2.32. The minimum Gasteiger partial charge on any atom is -0.459 e. The van der Waals surface area contributed by atoms with Crippen LogP contribution in [0.4, 0.5) is 10.1 Å². The van der Waals surface area contributed by atoms with Gasteiger partial charge in [-0.05, 0) is 25.0 Å². The van der Waals surface area contributed by atoms with E-state index in [4.69, 9.17) is 11.2 Å². The zero-order valence-corrected chi connectivity index (χ0v) is 12.9. The van der Waals surface area contributed by atoms with Gasteiger partial charge < -0.3 is 10.1 Å². The Labute approximate surface area is 129 Å². The number of allylic oxidation sites excluding steroid dienone is 2. The highest BCUT2D eigenvalue weighted by molar-refractivity contribution is 6.00. The van der Waals surface area contributed by atoms with Crippen LogP contribution in [0.5, 0.6) is 5.75 Å². The predicted octanol–water partition coefficient (Wildman–Crippen LogP) is 2.66. The lowest BCUT2D eigenvalue weighted by atomic mass is 10.2. The van der Waals surface area contributed by atoms with Crippen molar-refractivity contribution in [2.75, 3.05) is 11.4 Å². The second-order valence-corrected chi connectivity index (χ2v) is 5.48. The third-order valence-electron chi connectivity index (χ3n) is 3.14. The normalized spacial score (nSPS) is 17.8. The summed E-state index contributed by atoms with van der Waals surface area (Å²) in [5, 5.41) is 3.01. The number of fused-ring (bicyclic) bond motifs is 1. The highest BCUT2D eigenvalue weighted by Crippen LogP contribution is 2.34. The lowest BCUT2D eigenvalue weighted by Crippen LogP contribution is -2.52. The molecule has 1 aromatic carbocycles. The first-order valence-electron chi connectivity index (χ1n) is 7.08. The van der Waals surface area contributed by atoms with Gasteiger partial charge in [-0.1, -0.05) is 25.8 Å². The fourth-order valence-electron chi connectivity index (χ4n) is 2.34. The van der Waals surface area contributed by atoms with Crippen molar-refractivity contribution in [3.05, 3.63) is 35.8 Å². The minimum absolute atomic E-state index is 0.103. The van der Waals surface area contributed by atoms with Crippen LogP contribution in [0.2, 0.25) is 0 Å². The van der Waals surface area contributed by atoms with Crippen molar-refractivity contribution in [3.8, 4) is 18.1 Å². The molecule has 1 aromatic rings. The molecule has 1 unspecified atom stereocenters. The first-order chi connectivity index (χ1) is 10.4. The number of hydrogen-bond donors (Lipinski definition) is 1. The Hall–Kier alpha value is -2.48. The molecule has 1 heterocycles. The maximum absolute atomic E-state index is 13.4. The molecule has 2 rings (SSSR count). The Bertz CT molecular complexity index is 647. The van der Waals surface area contributed by atoms with Gasteiger partial charge in [0.25, 0.3) is 5.91 Å². The molecule has 0 saturated heterocycles. The Morgan fingerprint density at radius 2 is 2.32 bits per heavy atom. The largest absolute Gasteiger partial charge is 0.459 e. The molecule has 1 amide bonds. The molecule has 1 N–H and O–H groups in total. The van der Waals surface area contributed by atoms with Crippen molar-refractivity contribution < 1.29 is 13.9 Å². The number of ether oxygens (including phenoxy) is 1. The number of halogens is 1. The predicted molar refractivity (Wildman–Crippen MR) is 83.7 cm³/mol. The number of nitrogens with one attached hydrogen (secondary N) is 1. The molecular formula is C17H19FN2O2. The number of hydrogen-bond acceptors (Lipinski definition) is 3. The van der Waals surface area contributed by atoms with Gasteiger partial charge in [0.05, 0.1) is 12.2 Å². The second kappa shape index (κ2) is 6.52. The number of benzene rings is 1. The molecule has 1 aliphatic rings. The zero-order chi connectivity index (χ0) is 16.3. The lowest BCUT2D eigenvalue weighted by molar-refractivity contribution is -0.127. The Morgan fingerprint density at radius 1 is 1.59 bits per heavy atom. The smallest absolute Gasteiger partial charge is 0.290 e. The van der Waals surface area contributed by atoms with Gasteiger partial charge in [0.15, 0.2) is 0 Å². The minimum atomic E-state index is -0.919. The topological polar surface area (TPSA) is 41.6 Å². The summed E-state index contributed by atoms with van der Waals surface area (Å²) in [5.41, 5.74) is 1.29. The average molecular weight is 302 g/mol. The third-order valence-corrected chi connectivity index (χ3v) is 3.14. The molecule has 0 saturated carbocycles. The van der Waals surface area contributed by atoms with Crippen LogP contribution in [-0.4, -0.2) is 18.7 Å². The molecule has 0 spiro atoms. The number of nitrogens with zero attached hydrogens (tertiary/aromatic N) is 1. The van der Waals surface area contributed by atoms with Gasteiger partial charge in [0, 0.05) is 11.8 Å². The fourth-order valence-corrected chi connectivity index (χ4v) is 2.34. The van der Waals surface area contributed by atoms with E-state index in [1.807, 2.05) is 26.8 Å². The van der Waals surface area contributed by atoms with Crippen LogP contribution in [0.3, 0.4) is 0 Å². The molecule has 116 valence electrons. The summed E-state index contributed by atoms with van der Waals surface area (Å²) < 4.78 is 19.0. The van der Waals surface area contributed by atoms with E-state index in [0.29, 0.717) is 17.4 Å². The molecule has 1 atom stereocenters. The van der Waals surface area contributed by atoms with Crippen molar-refractivity contribution in [2.24, 2.45) is 5.92 Å². The van der Waals surface area contributed by atoms with Crippen LogP contribution in [0, 0.1) is 24.1 Å². The highest BCUT2D eigenvalue weighted by atomic mass is 19.1. The first kappa shape index (κ1) is 15.9. The summed E-state index contributed by atoms with van der Waals surface area (Å²) in [6, 6.07) is 4.02. The van der Waals surface area contributed by atoms with E-state index in [2.05, 4.69) is 11.2 Å². The van der Waals surface area contributed by atoms with Crippen molar-refractivity contribution in [1.82, 2.24) is 5.32 Å². The van der Waals surface area contributed by atoms with Gasteiger partial charge in [-0.3, -0.25) is 9.69 Å². The summed E-state index contributed by atoms with van der Waals surface area (Å²) in [5.74, 6) is 2.34. The van der Waals surface area contributed by atoms with Crippen molar-refractivity contribution in [1.29, 1.82) is 0 Å². The number of terminal acetylenes is 1. The maximum Gasteiger partial charge on any atom is 0.290 e. The third kappa shape index (κ3) is 3.40. The van der Waals surface area contributed by atoms with E-state index >= 15 is 0 Å². The molecule has 22 heavy (non-hydrogen) atoms. The molecule has 0 bridgehead atoms. The van der Waals surface area contributed by atoms with Gasteiger partial charge in [0.1, 0.15) is 11.6 Å². The van der Waals surface area contributed by atoms with E-state index in [1.165, 1.54) is 23.1 Å². The number of rotatable bonds is 4. The molecule has 0 aliphatic carbocycles. The van der Waals surface area contributed by atoms with Gasteiger partial charge >= 0.3 is 0 Å². The maximum atomic E-state index is 13.4. The van der Waals surface area contributed by atoms with Gasteiger partial charge in [-0.25, -0.2) is 4.39 Å².